The molecule has 0 aliphatic carbocycles. The summed E-state index contributed by atoms with van der Waals surface area (Å²) >= 11 is 0. The number of ether oxygens (including phenoxy) is 2. The topological polar surface area (TPSA) is 137 Å². The van der Waals surface area contributed by atoms with Crippen LogP contribution in [-0.4, -0.2) is 70.9 Å². The summed E-state index contributed by atoms with van der Waals surface area (Å²) in [6.07, 6.45) is -4.73. The molecule has 0 spiro atoms. The maximum Gasteiger partial charge on any atom is 0.223 e. The van der Waals surface area contributed by atoms with Crippen LogP contribution in [0.1, 0.15) is 19.4 Å². The van der Waals surface area contributed by atoms with Gasteiger partial charge in [0.05, 0.1) is 6.61 Å². The van der Waals surface area contributed by atoms with Gasteiger partial charge in [-0.1, -0.05) is 18.2 Å². The van der Waals surface area contributed by atoms with Crippen LogP contribution in [0.2, 0.25) is 0 Å². The predicted molar refractivity (Wildman–Crippen MR) is 120 cm³/mol. The Morgan fingerprint density at radius 3 is 2.50 bits per heavy atom. The number of carbonyl (C=O) groups is 2. The molecule has 1 aliphatic rings. The van der Waals surface area contributed by atoms with Crippen molar-refractivity contribution >= 4 is 11.8 Å². The fourth-order valence-electron chi connectivity index (χ4n) is 3.85. The summed E-state index contributed by atoms with van der Waals surface area (Å²) in [6.45, 7) is 2.49. The second-order valence-electron chi connectivity index (χ2n) is 8.11. The second-order valence-corrected chi connectivity index (χ2v) is 8.11. The number of halogens is 1. The van der Waals surface area contributed by atoms with Gasteiger partial charge in [-0.2, -0.15) is 0 Å². The highest BCUT2D eigenvalue weighted by Gasteiger charge is 2.46. The maximum absolute atomic E-state index is 13.9. The largest absolute Gasteiger partial charge is 0.463 e. The van der Waals surface area contributed by atoms with Crippen LogP contribution in [0.15, 0.2) is 42.5 Å². The first-order valence-corrected chi connectivity index (χ1v) is 10.9. The number of hydrogen-bond acceptors (Lipinski definition) is 7. The molecule has 184 valence electrons. The zero-order chi connectivity index (χ0) is 24.8. The molecule has 2 aromatic carbocycles. The Bertz CT molecular complexity index is 1020. The number of nitrogens with one attached hydrogen (secondary N) is 2. The van der Waals surface area contributed by atoms with Gasteiger partial charge in [0.25, 0.3) is 0 Å². The van der Waals surface area contributed by atoms with Crippen LogP contribution in [0, 0.1) is 5.82 Å². The summed E-state index contributed by atoms with van der Waals surface area (Å²) in [4.78, 5) is 22.9. The standard InChI is InChI=1S/C24H29FN2O7/c1-13(29)26-9-8-15-6-7-18(11-19(15)16-4-3-5-17(25)10-16)33-24-21(27-14(2)30)23(32)22(31)20(12-28)34-24/h3-7,10-11,20-24,28,31-32H,8-9,12H2,1-2H3,(H,26,29)(H,27,30)/t20-,21-,22+,23-,24-/m1/s1. The lowest BCUT2D eigenvalue weighted by atomic mass is 9.96. The van der Waals surface area contributed by atoms with Gasteiger partial charge in [-0.25, -0.2) is 4.39 Å². The van der Waals surface area contributed by atoms with Crippen molar-refractivity contribution in [3.05, 3.63) is 53.8 Å². The van der Waals surface area contributed by atoms with E-state index in [1.807, 2.05) is 0 Å². The summed E-state index contributed by atoms with van der Waals surface area (Å²) in [5, 5.41) is 35.4. The molecule has 5 atom stereocenters. The molecule has 9 nitrogen and oxygen atoms in total. The monoisotopic (exact) mass is 476 g/mol. The molecule has 3 rings (SSSR count). The quantitative estimate of drug-likeness (QED) is 0.374. The van der Waals surface area contributed by atoms with Gasteiger partial charge in [0.1, 0.15) is 35.9 Å². The van der Waals surface area contributed by atoms with E-state index in [1.165, 1.54) is 26.0 Å². The van der Waals surface area contributed by atoms with Crippen LogP contribution in [0.3, 0.4) is 0 Å². The lowest BCUT2D eigenvalue weighted by molar-refractivity contribution is -0.244. The third-order valence-corrected chi connectivity index (χ3v) is 5.49. The van der Waals surface area contributed by atoms with E-state index in [1.54, 1.807) is 30.3 Å². The average Bonchev–Trinajstić information content (AvgIpc) is 2.79. The highest BCUT2D eigenvalue weighted by molar-refractivity contribution is 5.74. The Morgan fingerprint density at radius 1 is 1.09 bits per heavy atom. The zero-order valence-electron chi connectivity index (χ0n) is 18.9. The van der Waals surface area contributed by atoms with Gasteiger partial charge in [-0.05, 0) is 47.4 Å². The Hall–Kier alpha value is -3.05. The smallest absolute Gasteiger partial charge is 0.223 e. The summed E-state index contributed by atoms with van der Waals surface area (Å²) in [5.74, 6) is -0.751. The van der Waals surface area contributed by atoms with Crippen molar-refractivity contribution in [2.75, 3.05) is 13.2 Å². The van der Waals surface area contributed by atoms with Crippen LogP contribution >= 0.6 is 0 Å². The Kier molecular flexibility index (Phi) is 8.56. The molecule has 1 saturated heterocycles. The molecular formula is C24H29FN2O7. The second kappa shape index (κ2) is 11.4. The molecule has 0 bridgehead atoms. The van der Waals surface area contributed by atoms with Crippen LogP contribution in [0.25, 0.3) is 11.1 Å². The lowest BCUT2D eigenvalue weighted by Crippen LogP contribution is -2.65. The third-order valence-electron chi connectivity index (χ3n) is 5.49. The maximum atomic E-state index is 13.9. The van der Waals surface area contributed by atoms with Crippen LogP contribution < -0.4 is 15.4 Å². The van der Waals surface area contributed by atoms with Crippen molar-refractivity contribution in [2.45, 2.75) is 50.9 Å². The molecule has 1 aliphatic heterocycles. The minimum atomic E-state index is -1.44. The highest BCUT2D eigenvalue weighted by Crippen LogP contribution is 2.31. The molecular weight excluding hydrogens is 447 g/mol. The molecule has 2 amide bonds. The van der Waals surface area contributed by atoms with E-state index in [0.29, 0.717) is 29.8 Å². The minimum Gasteiger partial charge on any atom is -0.463 e. The molecule has 1 heterocycles. The average molecular weight is 477 g/mol. The lowest BCUT2D eigenvalue weighted by Gasteiger charge is -2.42. The molecule has 5 N–H and O–H groups in total. The predicted octanol–water partition coefficient (Wildman–Crippen LogP) is 0.494. The van der Waals surface area contributed by atoms with Gasteiger partial charge in [-0.15, -0.1) is 0 Å². The van der Waals surface area contributed by atoms with E-state index in [9.17, 15) is 29.3 Å². The molecule has 34 heavy (non-hydrogen) atoms. The van der Waals surface area contributed by atoms with Crippen LogP contribution in [-0.2, 0) is 20.7 Å². The number of aliphatic hydroxyl groups is 3. The van der Waals surface area contributed by atoms with Crippen molar-refractivity contribution in [2.24, 2.45) is 0 Å². The number of hydrogen-bond donors (Lipinski definition) is 5. The van der Waals surface area contributed by atoms with Gasteiger partial charge < -0.3 is 35.4 Å². The zero-order valence-corrected chi connectivity index (χ0v) is 18.9. The van der Waals surface area contributed by atoms with Crippen LogP contribution in [0.5, 0.6) is 5.75 Å². The summed E-state index contributed by atoms with van der Waals surface area (Å²) < 4.78 is 25.5. The Labute approximate surface area is 196 Å². The number of rotatable bonds is 8. The summed E-state index contributed by atoms with van der Waals surface area (Å²) in [5.41, 5.74) is 2.09. The molecule has 0 saturated carbocycles. The first-order chi connectivity index (χ1) is 16.2. The van der Waals surface area contributed by atoms with Crippen LogP contribution in [0.4, 0.5) is 4.39 Å². The fourth-order valence-corrected chi connectivity index (χ4v) is 3.85. The number of aliphatic hydroxyl groups excluding tert-OH is 3. The normalized spacial score (nSPS) is 24.4. The van der Waals surface area contributed by atoms with Gasteiger partial charge in [0, 0.05) is 20.4 Å². The van der Waals surface area contributed by atoms with E-state index in [-0.39, 0.29) is 5.91 Å². The van der Waals surface area contributed by atoms with Crippen molar-refractivity contribution in [1.29, 1.82) is 0 Å². The van der Waals surface area contributed by atoms with E-state index >= 15 is 0 Å². The van der Waals surface area contributed by atoms with Crippen molar-refractivity contribution in [3.63, 3.8) is 0 Å². The highest BCUT2D eigenvalue weighted by atomic mass is 19.1. The SMILES string of the molecule is CC(=O)NCCc1ccc(O[C@@H]2O[C@H](CO)[C@H](O)[C@H](O)[C@H]2NC(C)=O)cc1-c1cccc(F)c1. The Balaban J connectivity index is 1.92. The molecule has 1 fully saturated rings. The van der Waals surface area contributed by atoms with Crippen molar-refractivity contribution < 1.29 is 38.8 Å². The van der Waals surface area contributed by atoms with Gasteiger partial charge in [0.2, 0.25) is 18.1 Å². The summed E-state index contributed by atoms with van der Waals surface area (Å²) in [7, 11) is 0. The van der Waals surface area contributed by atoms with Gasteiger partial charge >= 0.3 is 0 Å². The third kappa shape index (κ3) is 6.29. The molecule has 2 aromatic rings. The number of benzene rings is 2. The molecule has 10 heteroatoms. The minimum absolute atomic E-state index is 0.162. The van der Waals surface area contributed by atoms with Gasteiger partial charge in [-0.3, -0.25) is 9.59 Å². The fraction of sp³-hybridized carbons (Fsp3) is 0.417. The van der Waals surface area contributed by atoms with Crippen molar-refractivity contribution in [3.8, 4) is 16.9 Å². The van der Waals surface area contributed by atoms with Crippen molar-refractivity contribution in [1.82, 2.24) is 10.6 Å². The van der Waals surface area contributed by atoms with E-state index in [4.69, 9.17) is 9.47 Å². The first-order valence-electron chi connectivity index (χ1n) is 10.9. The Morgan fingerprint density at radius 2 is 1.85 bits per heavy atom. The van der Waals surface area contributed by atoms with E-state index in [0.717, 1.165) is 5.56 Å². The number of amides is 2. The van der Waals surface area contributed by atoms with Gasteiger partial charge in [0.15, 0.2) is 0 Å². The molecule has 0 unspecified atom stereocenters. The summed E-state index contributed by atoms with van der Waals surface area (Å²) in [6, 6.07) is 9.99. The molecule has 0 radical (unpaired) electrons. The first kappa shape index (κ1) is 25.6. The molecule has 0 aromatic heterocycles. The number of carbonyl (C=O) groups excluding carboxylic acids is 2. The van der Waals surface area contributed by atoms with E-state index in [2.05, 4.69) is 10.6 Å². The van der Waals surface area contributed by atoms with E-state index < -0.39 is 49.0 Å².